The van der Waals surface area contributed by atoms with Gasteiger partial charge in [-0.2, -0.15) is 0 Å². The summed E-state index contributed by atoms with van der Waals surface area (Å²) in [4.78, 5) is 12.8. The van der Waals surface area contributed by atoms with Crippen molar-refractivity contribution in [3.8, 4) is 0 Å². The molecule has 0 aromatic carbocycles. The van der Waals surface area contributed by atoms with Gasteiger partial charge in [0.15, 0.2) is 11.9 Å². The number of imidazole rings is 1. The first-order chi connectivity index (χ1) is 11.2. The molecule has 3 heterocycles. The molecule has 4 rings (SSSR count). The van der Waals surface area contributed by atoms with Crippen molar-refractivity contribution in [2.75, 3.05) is 13.2 Å². The monoisotopic (exact) mass is 322 g/mol. The van der Waals surface area contributed by atoms with Crippen LogP contribution in [0.4, 0.5) is 0 Å². The van der Waals surface area contributed by atoms with E-state index in [1.807, 2.05) is 0 Å². The first kappa shape index (κ1) is 14.9. The molecule has 2 fully saturated rings. The Kier molecular flexibility index (Phi) is 3.54. The molecule has 124 valence electrons. The van der Waals surface area contributed by atoms with Gasteiger partial charge in [-0.15, -0.1) is 0 Å². The lowest BCUT2D eigenvalue weighted by Crippen LogP contribution is -2.33. The lowest BCUT2D eigenvalue weighted by molar-refractivity contribution is -0.0511. The molecule has 1 aliphatic heterocycles. The smallest absolute Gasteiger partial charge is 0.165 e. The largest absolute Gasteiger partial charge is 0.396 e. The number of aliphatic hydroxyl groups is 4. The van der Waals surface area contributed by atoms with Gasteiger partial charge in [-0.3, -0.25) is 4.57 Å². The Morgan fingerprint density at radius 1 is 1.13 bits per heavy atom. The van der Waals surface area contributed by atoms with Gasteiger partial charge in [0.05, 0.1) is 18.6 Å². The molecular formula is C14H18N4O5. The van der Waals surface area contributed by atoms with Gasteiger partial charge in [0.25, 0.3) is 0 Å². The average Bonchev–Trinajstić information content (AvgIpc) is 3.16. The molecular weight excluding hydrogens is 304 g/mol. The van der Waals surface area contributed by atoms with E-state index < -0.39 is 24.5 Å². The normalized spacial score (nSPS) is 36.7. The number of rotatable bonds is 4. The zero-order valence-corrected chi connectivity index (χ0v) is 12.2. The second-order valence-electron chi connectivity index (χ2n) is 6.10. The summed E-state index contributed by atoms with van der Waals surface area (Å²) in [5, 5.41) is 38.5. The fourth-order valence-electron chi connectivity index (χ4n) is 3.22. The maximum absolute atomic E-state index is 10.2. The molecule has 2 aromatic heterocycles. The summed E-state index contributed by atoms with van der Waals surface area (Å²) in [5.74, 6) is 0.367. The minimum absolute atomic E-state index is 0.117. The van der Waals surface area contributed by atoms with E-state index in [1.54, 1.807) is 4.57 Å². The van der Waals surface area contributed by atoms with E-state index in [0.717, 1.165) is 12.1 Å². The van der Waals surface area contributed by atoms with Crippen molar-refractivity contribution in [3.05, 3.63) is 18.3 Å². The summed E-state index contributed by atoms with van der Waals surface area (Å²) in [6, 6.07) is 0. The lowest BCUT2D eigenvalue weighted by Gasteiger charge is -2.16. The van der Waals surface area contributed by atoms with Gasteiger partial charge in [-0.25, -0.2) is 15.0 Å². The van der Waals surface area contributed by atoms with Crippen molar-refractivity contribution in [1.29, 1.82) is 0 Å². The Morgan fingerprint density at radius 2 is 1.96 bits per heavy atom. The SMILES string of the molecule is OC[C@H]1C[C@@H]1c1ncnc2c1ncn2[C@@H]1O[C@H](CO)[C@@H](O)[C@H]1O. The molecule has 1 saturated heterocycles. The highest BCUT2D eigenvalue weighted by molar-refractivity contribution is 5.74. The summed E-state index contributed by atoms with van der Waals surface area (Å²) in [7, 11) is 0. The number of aromatic nitrogens is 4. The number of hydrogen-bond acceptors (Lipinski definition) is 8. The quantitative estimate of drug-likeness (QED) is 0.536. The first-order valence-electron chi connectivity index (χ1n) is 7.56. The maximum atomic E-state index is 10.2. The van der Waals surface area contributed by atoms with Crippen LogP contribution in [0.15, 0.2) is 12.7 Å². The van der Waals surface area contributed by atoms with Crippen LogP contribution in [-0.4, -0.2) is 71.5 Å². The minimum atomic E-state index is -1.19. The van der Waals surface area contributed by atoms with Crippen LogP contribution in [0.1, 0.15) is 24.3 Å². The summed E-state index contributed by atoms with van der Waals surface area (Å²) in [6.07, 6.45) is -0.314. The molecule has 23 heavy (non-hydrogen) atoms. The van der Waals surface area contributed by atoms with Crippen LogP contribution in [0.2, 0.25) is 0 Å². The Hall–Kier alpha value is -1.65. The van der Waals surface area contributed by atoms with Crippen LogP contribution in [0.3, 0.4) is 0 Å². The van der Waals surface area contributed by atoms with Crippen molar-refractivity contribution >= 4 is 11.2 Å². The molecule has 0 bridgehead atoms. The number of hydrogen-bond donors (Lipinski definition) is 4. The van der Waals surface area contributed by atoms with Crippen molar-refractivity contribution in [2.24, 2.45) is 5.92 Å². The lowest BCUT2D eigenvalue weighted by atomic mass is 10.1. The second kappa shape index (κ2) is 5.46. The fraction of sp³-hybridized carbons (Fsp3) is 0.643. The van der Waals surface area contributed by atoms with E-state index in [4.69, 9.17) is 4.74 Å². The molecule has 2 aliphatic rings. The van der Waals surface area contributed by atoms with Gasteiger partial charge in [0, 0.05) is 12.5 Å². The molecule has 9 heteroatoms. The minimum Gasteiger partial charge on any atom is -0.396 e. The molecule has 4 N–H and O–H groups in total. The average molecular weight is 322 g/mol. The molecule has 0 unspecified atom stereocenters. The van der Waals surface area contributed by atoms with Gasteiger partial charge < -0.3 is 25.2 Å². The standard InChI is InChI=1S/C14H18N4O5/c19-2-6-1-7(6)9-10-13(16-4-15-9)18(5-17-10)14-12(22)11(21)8(3-20)23-14/h4-8,11-12,14,19-22H,1-3H2/t6-,7+,8-,11-,12-,14-/m1/s1. The predicted molar refractivity (Wildman–Crippen MR) is 76.3 cm³/mol. The summed E-state index contributed by atoms with van der Waals surface area (Å²) in [5.41, 5.74) is 1.87. The molecule has 2 aromatic rings. The topological polar surface area (TPSA) is 134 Å². The van der Waals surface area contributed by atoms with Gasteiger partial charge >= 0.3 is 0 Å². The molecule has 9 nitrogen and oxygen atoms in total. The number of nitrogens with zero attached hydrogens (tertiary/aromatic N) is 4. The van der Waals surface area contributed by atoms with Crippen LogP contribution >= 0.6 is 0 Å². The maximum Gasteiger partial charge on any atom is 0.165 e. The molecule has 1 aliphatic carbocycles. The van der Waals surface area contributed by atoms with Crippen LogP contribution in [0, 0.1) is 5.92 Å². The molecule has 0 amide bonds. The van der Waals surface area contributed by atoms with Gasteiger partial charge in [0.2, 0.25) is 0 Å². The van der Waals surface area contributed by atoms with E-state index in [2.05, 4.69) is 15.0 Å². The molecule has 1 saturated carbocycles. The van der Waals surface area contributed by atoms with E-state index >= 15 is 0 Å². The third kappa shape index (κ3) is 2.24. The van der Waals surface area contributed by atoms with E-state index in [1.165, 1.54) is 12.7 Å². The number of ether oxygens (including phenoxy) is 1. The Morgan fingerprint density at radius 3 is 2.61 bits per heavy atom. The zero-order chi connectivity index (χ0) is 16.1. The third-order valence-corrected chi connectivity index (χ3v) is 4.69. The van der Waals surface area contributed by atoms with Gasteiger partial charge in [-0.1, -0.05) is 0 Å². The van der Waals surface area contributed by atoms with Gasteiger partial charge in [0.1, 0.15) is 30.2 Å². The van der Waals surface area contributed by atoms with Crippen molar-refractivity contribution < 1.29 is 25.2 Å². The molecule has 0 spiro atoms. The predicted octanol–water partition coefficient (Wildman–Crippen LogP) is -1.47. The highest BCUT2D eigenvalue weighted by Crippen LogP contribution is 2.47. The summed E-state index contributed by atoms with van der Waals surface area (Å²) in [6.45, 7) is -0.270. The van der Waals surface area contributed by atoms with Crippen LogP contribution in [0.5, 0.6) is 0 Å². The Balaban J connectivity index is 1.71. The van der Waals surface area contributed by atoms with Crippen molar-refractivity contribution in [3.63, 3.8) is 0 Å². The van der Waals surface area contributed by atoms with E-state index in [-0.39, 0.29) is 25.0 Å². The zero-order valence-electron chi connectivity index (χ0n) is 12.2. The van der Waals surface area contributed by atoms with Crippen LogP contribution in [-0.2, 0) is 4.74 Å². The van der Waals surface area contributed by atoms with Gasteiger partial charge in [-0.05, 0) is 12.3 Å². The Labute approximate surface area is 131 Å². The van der Waals surface area contributed by atoms with Crippen LogP contribution in [0.25, 0.3) is 11.2 Å². The Bertz CT molecular complexity index is 722. The highest BCUT2D eigenvalue weighted by Gasteiger charge is 2.45. The molecule has 6 atom stereocenters. The highest BCUT2D eigenvalue weighted by atomic mass is 16.6. The van der Waals surface area contributed by atoms with Crippen molar-refractivity contribution in [2.45, 2.75) is 36.9 Å². The van der Waals surface area contributed by atoms with Crippen molar-refractivity contribution in [1.82, 2.24) is 19.5 Å². The van der Waals surface area contributed by atoms with E-state index in [9.17, 15) is 20.4 Å². The number of aliphatic hydroxyl groups excluding tert-OH is 4. The van der Waals surface area contributed by atoms with Crippen LogP contribution < -0.4 is 0 Å². The first-order valence-corrected chi connectivity index (χ1v) is 7.56. The summed E-state index contributed by atoms with van der Waals surface area (Å²) >= 11 is 0. The number of fused-ring (bicyclic) bond motifs is 1. The second-order valence-corrected chi connectivity index (χ2v) is 6.10. The fourth-order valence-corrected chi connectivity index (χ4v) is 3.22. The van der Waals surface area contributed by atoms with E-state index in [0.29, 0.717) is 11.2 Å². The third-order valence-electron chi connectivity index (χ3n) is 4.69. The summed E-state index contributed by atoms with van der Waals surface area (Å²) < 4.78 is 7.06. The molecule has 0 radical (unpaired) electrons.